The van der Waals surface area contributed by atoms with Crippen molar-refractivity contribution in [3.05, 3.63) is 52.6 Å². The molecule has 0 fully saturated rings. The van der Waals surface area contributed by atoms with Gasteiger partial charge in [0, 0.05) is 30.4 Å². The number of nitrogens with zero attached hydrogens (tertiary/aromatic N) is 4. The molecule has 1 aliphatic heterocycles. The second-order valence-electron chi connectivity index (χ2n) is 7.24. The van der Waals surface area contributed by atoms with Crippen molar-refractivity contribution in [2.24, 2.45) is 0 Å². The molecule has 1 atom stereocenters. The molecule has 3 heterocycles. The molecule has 2 amide bonds. The van der Waals surface area contributed by atoms with Gasteiger partial charge < -0.3 is 15.0 Å². The van der Waals surface area contributed by atoms with Gasteiger partial charge in [0.25, 0.3) is 11.8 Å². The Bertz CT molecular complexity index is 1080. The molecule has 3 rings (SSSR count). The average Bonchev–Trinajstić information content (AvgIpc) is 3.08. The van der Waals surface area contributed by atoms with Crippen LogP contribution in [0, 0.1) is 18.3 Å². The van der Waals surface area contributed by atoms with Gasteiger partial charge in [0.05, 0.1) is 30.4 Å². The number of alkyl halides is 3. The Morgan fingerprint density at radius 3 is 2.81 bits per heavy atom. The molecule has 0 aliphatic carbocycles. The molecule has 0 saturated heterocycles. The van der Waals surface area contributed by atoms with E-state index in [-0.39, 0.29) is 36.9 Å². The highest BCUT2D eigenvalue weighted by molar-refractivity contribution is 6.03. The minimum Gasteiger partial charge on any atom is -0.482 e. The summed E-state index contributed by atoms with van der Waals surface area (Å²) in [6, 6.07) is 4.52. The maximum atomic E-state index is 13.0. The Balaban J connectivity index is 1.78. The van der Waals surface area contributed by atoms with Gasteiger partial charge in [-0.25, -0.2) is 0 Å². The summed E-state index contributed by atoms with van der Waals surface area (Å²) in [5.41, 5.74) is 1.86. The highest BCUT2D eigenvalue weighted by Gasteiger charge is 2.35. The Hall–Kier alpha value is -3.68. The molecule has 0 saturated carbocycles. The third-order valence-electron chi connectivity index (χ3n) is 4.98. The second kappa shape index (κ2) is 9.21. The van der Waals surface area contributed by atoms with Crippen molar-refractivity contribution < 1.29 is 27.5 Å². The fraction of sp³-hybridized carbons (Fsp3) is 0.381. The third-order valence-corrected chi connectivity index (χ3v) is 4.98. The minimum atomic E-state index is -4.46. The number of hydrogen-bond donors (Lipinski definition) is 1. The molecule has 1 aliphatic rings. The smallest absolute Gasteiger partial charge is 0.422 e. The molecular weight excluding hydrogens is 427 g/mol. The number of halogens is 3. The molecule has 2 aromatic rings. The average molecular weight is 447 g/mol. The number of rotatable bonds is 7. The number of nitrogens with one attached hydrogen (secondary N) is 1. The van der Waals surface area contributed by atoms with Crippen molar-refractivity contribution in [1.29, 1.82) is 5.26 Å². The molecule has 1 N–H and O–H groups in total. The topological polar surface area (TPSA) is 108 Å². The van der Waals surface area contributed by atoms with Crippen LogP contribution in [-0.2, 0) is 6.54 Å². The molecular formula is C21H20F3N5O3. The quantitative estimate of drug-likeness (QED) is 0.654. The number of ether oxygens (including phenoxy) is 1. The lowest BCUT2D eigenvalue weighted by Gasteiger charge is -2.24. The van der Waals surface area contributed by atoms with Gasteiger partial charge in [-0.05, 0) is 31.5 Å². The van der Waals surface area contributed by atoms with E-state index in [1.807, 2.05) is 6.07 Å². The van der Waals surface area contributed by atoms with Gasteiger partial charge in [0.1, 0.15) is 11.4 Å². The number of carbonyl (C=O) groups is 2. The summed E-state index contributed by atoms with van der Waals surface area (Å²) in [7, 11) is 0. The standard InChI is InChI=1S/C21H20F3N5O3/c1-12-8-16(28-9-17(12)32-11-21(22,23)24)13(2)29-10-15-14(20(29)31)4-7-26-18(15)19(30)27-6-3-5-25/h4,7-9,13H,3,6,10-11H2,1-2H3,(H,27,30). The molecule has 32 heavy (non-hydrogen) atoms. The Labute approximate surface area is 182 Å². The van der Waals surface area contributed by atoms with Gasteiger partial charge in [-0.15, -0.1) is 0 Å². The molecule has 0 spiro atoms. The number of nitriles is 1. The predicted octanol–water partition coefficient (Wildman–Crippen LogP) is 3.09. The lowest BCUT2D eigenvalue weighted by atomic mass is 10.1. The summed E-state index contributed by atoms with van der Waals surface area (Å²) in [6.45, 7) is 2.20. The number of pyridine rings is 2. The summed E-state index contributed by atoms with van der Waals surface area (Å²) < 4.78 is 42.0. The normalized spacial score (nSPS) is 14.0. The number of carbonyl (C=O) groups excluding carboxylic acids is 2. The first-order valence-corrected chi connectivity index (χ1v) is 9.72. The molecule has 1 unspecified atom stereocenters. The van der Waals surface area contributed by atoms with Gasteiger partial charge in [0.15, 0.2) is 6.61 Å². The first-order chi connectivity index (χ1) is 15.1. The van der Waals surface area contributed by atoms with Gasteiger partial charge in [-0.3, -0.25) is 19.6 Å². The van der Waals surface area contributed by atoms with E-state index in [4.69, 9.17) is 10.00 Å². The van der Waals surface area contributed by atoms with Crippen LogP contribution in [0.2, 0.25) is 0 Å². The van der Waals surface area contributed by atoms with Crippen molar-refractivity contribution in [2.75, 3.05) is 13.2 Å². The number of fused-ring (bicyclic) bond motifs is 1. The number of amides is 2. The van der Waals surface area contributed by atoms with Gasteiger partial charge in [-0.2, -0.15) is 18.4 Å². The van der Waals surface area contributed by atoms with E-state index in [2.05, 4.69) is 15.3 Å². The summed E-state index contributed by atoms with van der Waals surface area (Å²) in [6.07, 6.45) is -1.73. The second-order valence-corrected chi connectivity index (χ2v) is 7.24. The van der Waals surface area contributed by atoms with Crippen LogP contribution >= 0.6 is 0 Å². The molecule has 0 radical (unpaired) electrons. The van der Waals surface area contributed by atoms with Crippen molar-refractivity contribution in [3.63, 3.8) is 0 Å². The number of aromatic nitrogens is 2. The maximum Gasteiger partial charge on any atom is 0.422 e. The van der Waals surface area contributed by atoms with Gasteiger partial charge in [0.2, 0.25) is 0 Å². The van der Waals surface area contributed by atoms with Crippen molar-refractivity contribution in [2.45, 2.75) is 39.0 Å². The van der Waals surface area contributed by atoms with Gasteiger partial charge in [-0.1, -0.05) is 0 Å². The SMILES string of the molecule is Cc1cc(C(C)N2Cc3c(ccnc3C(=O)NCCC#N)C2=O)ncc1OCC(F)(F)F. The largest absolute Gasteiger partial charge is 0.482 e. The summed E-state index contributed by atoms with van der Waals surface area (Å²) >= 11 is 0. The molecule has 0 aromatic carbocycles. The number of hydrogen-bond acceptors (Lipinski definition) is 6. The Morgan fingerprint density at radius 2 is 2.16 bits per heavy atom. The van der Waals surface area contributed by atoms with E-state index >= 15 is 0 Å². The highest BCUT2D eigenvalue weighted by Crippen LogP contribution is 2.33. The molecule has 0 bridgehead atoms. The molecule has 168 valence electrons. The van der Waals surface area contributed by atoms with Crippen LogP contribution < -0.4 is 10.1 Å². The highest BCUT2D eigenvalue weighted by atomic mass is 19.4. The first-order valence-electron chi connectivity index (χ1n) is 9.72. The van der Waals surface area contributed by atoms with Crippen molar-refractivity contribution in [3.8, 4) is 11.8 Å². The zero-order valence-corrected chi connectivity index (χ0v) is 17.4. The molecule has 11 heteroatoms. The molecule has 8 nitrogen and oxygen atoms in total. The Kier molecular flexibility index (Phi) is 6.62. The van der Waals surface area contributed by atoms with E-state index in [1.54, 1.807) is 19.9 Å². The van der Waals surface area contributed by atoms with Crippen LogP contribution in [0.4, 0.5) is 13.2 Å². The zero-order chi connectivity index (χ0) is 23.5. The van der Waals surface area contributed by atoms with Crippen molar-refractivity contribution in [1.82, 2.24) is 20.2 Å². The van der Waals surface area contributed by atoms with Crippen LogP contribution in [0.1, 0.15) is 57.1 Å². The van der Waals surface area contributed by atoms with Crippen LogP contribution in [0.25, 0.3) is 0 Å². The monoisotopic (exact) mass is 447 g/mol. The molecule has 2 aromatic heterocycles. The van der Waals surface area contributed by atoms with Gasteiger partial charge >= 0.3 is 6.18 Å². The van der Waals surface area contributed by atoms with Crippen molar-refractivity contribution >= 4 is 11.8 Å². The van der Waals surface area contributed by atoms with Crippen LogP contribution in [0.15, 0.2) is 24.5 Å². The van der Waals surface area contributed by atoms with Crippen LogP contribution in [0.3, 0.4) is 0 Å². The first kappa shape index (κ1) is 23.0. The van der Waals surface area contributed by atoms with E-state index < -0.39 is 24.7 Å². The van der Waals surface area contributed by atoms with Crippen LogP contribution in [-0.4, -0.2) is 46.0 Å². The number of aryl methyl sites for hydroxylation is 1. The lowest BCUT2D eigenvalue weighted by molar-refractivity contribution is -0.153. The zero-order valence-electron chi connectivity index (χ0n) is 17.4. The maximum absolute atomic E-state index is 13.0. The fourth-order valence-electron chi connectivity index (χ4n) is 3.34. The fourth-order valence-corrected chi connectivity index (χ4v) is 3.34. The lowest BCUT2D eigenvalue weighted by Crippen LogP contribution is -2.28. The van der Waals surface area contributed by atoms with E-state index in [1.165, 1.54) is 23.4 Å². The van der Waals surface area contributed by atoms with E-state index in [9.17, 15) is 22.8 Å². The summed E-state index contributed by atoms with van der Waals surface area (Å²) in [4.78, 5) is 35.2. The van der Waals surface area contributed by atoms with Crippen LogP contribution in [0.5, 0.6) is 5.75 Å². The van der Waals surface area contributed by atoms with E-state index in [0.717, 1.165) is 0 Å². The predicted molar refractivity (Wildman–Crippen MR) is 106 cm³/mol. The van der Waals surface area contributed by atoms with E-state index in [0.29, 0.717) is 22.4 Å². The Morgan fingerprint density at radius 1 is 1.41 bits per heavy atom. The summed E-state index contributed by atoms with van der Waals surface area (Å²) in [5, 5.41) is 11.2. The third kappa shape index (κ3) is 4.96. The minimum absolute atomic E-state index is 0.00911. The summed E-state index contributed by atoms with van der Waals surface area (Å²) in [5.74, 6) is -0.771.